The van der Waals surface area contributed by atoms with Gasteiger partial charge in [-0.05, 0) is 31.0 Å². The highest BCUT2D eigenvalue weighted by molar-refractivity contribution is 7.87. The number of halogens is 1. The van der Waals surface area contributed by atoms with Gasteiger partial charge < -0.3 is 4.74 Å². The van der Waals surface area contributed by atoms with E-state index < -0.39 is 16.1 Å². The van der Waals surface area contributed by atoms with Crippen LogP contribution in [0.4, 0.5) is 0 Å². The maximum Gasteiger partial charge on any atom is 0.308 e. The van der Waals surface area contributed by atoms with Crippen LogP contribution >= 0.6 is 22.9 Å². The number of hydrogen-bond acceptors (Lipinski definition) is 6. The fourth-order valence-corrected chi connectivity index (χ4v) is 5.37. The second-order valence-electron chi connectivity index (χ2n) is 5.90. The van der Waals surface area contributed by atoms with Gasteiger partial charge in [0.2, 0.25) is 0 Å². The average molecular weight is 417 g/mol. The summed E-state index contributed by atoms with van der Waals surface area (Å²) in [7, 11) is -2.67. The zero-order valence-corrected chi connectivity index (χ0v) is 16.3. The summed E-state index contributed by atoms with van der Waals surface area (Å²) in [6.07, 6.45) is 0.723. The number of fused-ring (bicyclic) bond motifs is 1. The second kappa shape index (κ2) is 7.51. The highest BCUT2D eigenvalue weighted by Crippen LogP contribution is 2.31. The lowest BCUT2D eigenvalue weighted by atomic mass is 9.99. The summed E-state index contributed by atoms with van der Waals surface area (Å²) in [4.78, 5) is 24.2. The number of nitrogens with zero attached hydrogens (tertiary/aromatic N) is 1. The molecule has 1 amide bonds. The SMILES string of the molecule is COC(=O)C1CCN(S(=O)(=O)NC(=O)c2cc3c(Cl)cccc3s2)CC1. The van der Waals surface area contributed by atoms with E-state index in [1.807, 2.05) is 6.07 Å². The second-order valence-corrected chi connectivity index (χ2v) is 9.06. The van der Waals surface area contributed by atoms with Gasteiger partial charge in [-0.3, -0.25) is 9.59 Å². The molecule has 1 saturated heterocycles. The first-order chi connectivity index (χ1) is 12.3. The van der Waals surface area contributed by atoms with Crippen molar-refractivity contribution in [1.82, 2.24) is 9.03 Å². The molecule has 0 bridgehead atoms. The van der Waals surface area contributed by atoms with Crippen molar-refractivity contribution in [3.05, 3.63) is 34.2 Å². The van der Waals surface area contributed by atoms with Crippen LogP contribution in [0.5, 0.6) is 0 Å². The van der Waals surface area contributed by atoms with Crippen molar-refractivity contribution >= 4 is 55.1 Å². The van der Waals surface area contributed by atoms with E-state index in [2.05, 4.69) is 9.46 Å². The third kappa shape index (κ3) is 3.85. The molecule has 1 aromatic carbocycles. The lowest BCUT2D eigenvalue weighted by Crippen LogP contribution is -2.47. The zero-order valence-electron chi connectivity index (χ0n) is 13.9. The number of methoxy groups -OCH3 is 1. The molecule has 0 aliphatic carbocycles. The van der Waals surface area contributed by atoms with Crippen molar-refractivity contribution in [2.75, 3.05) is 20.2 Å². The Labute approximate surface area is 160 Å². The molecule has 1 aliphatic heterocycles. The fourth-order valence-electron chi connectivity index (χ4n) is 2.87. The molecule has 140 valence electrons. The van der Waals surface area contributed by atoms with E-state index >= 15 is 0 Å². The van der Waals surface area contributed by atoms with Crippen LogP contribution in [-0.2, 0) is 19.7 Å². The third-order valence-electron chi connectivity index (χ3n) is 4.28. The number of nitrogens with one attached hydrogen (secondary N) is 1. The van der Waals surface area contributed by atoms with Gasteiger partial charge in [0.15, 0.2) is 0 Å². The summed E-state index contributed by atoms with van der Waals surface area (Å²) < 4.78 is 33.7. The number of thiophene rings is 1. The Kier molecular flexibility index (Phi) is 5.52. The molecule has 10 heteroatoms. The Morgan fingerprint density at radius 3 is 2.62 bits per heavy atom. The molecule has 0 atom stereocenters. The van der Waals surface area contributed by atoms with Crippen molar-refractivity contribution < 1.29 is 22.7 Å². The Bertz CT molecular complexity index is 949. The number of amides is 1. The van der Waals surface area contributed by atoms with E-state index in [0.717, 1.165) is 4.70 Å². The number of hydrogen-bond donors (Lipinski definition) is 1. The Hall–Kier alpha value is -1.68. The molecule has 0 saturated carbocycles. The number of esters is 1. The smallest absolute Gasteiger partial charge is 0.308 e. The quantitative estimate of drug-likeness (QED) is 0.772. The maximum absolute atomic E-state index is 12.5. The third-order valence-corrected chi connectivity index (χ3v) is 7.20. The van der Waals surface area contributed by atoms with Crippen LogP contribution in [-0.4, -0.2) is 44.8 Å². The van der Waals surface area contributed by atoms with Crippen LogP contribution in [0.25, 0.3) is 10.1 Å². The number of carbonyl (C=O) groups is 2. The van der Waals surface area contributed by atoms with Gasteiger partial charge in [-0.25, -0.2) is 4.72 Å². The first-order valence-electron chi connectivity index (χ1n) is 7.90. The van der Waals surface area contributed by atoms with E-state index in [9.17, 15) is 18.0 Å². The standard InChI is InChI=1S/C16H17ClN2O5S2/c1-24-16(21)10-5-7-19(8-6-10)26(22,23)18-15(20)14-9-11-12(17)3-2-4-13(11)25-14/h2-4,9-10H,5-8H2,1H3,(H,18,20). The van der Waals surface area contributed by atoms with Crippen LogP contribution in [0.2, 0.25) is 5.02 Å². The lowest BCUT2D eigenvalue weighted by Gasteiger charge is -2.29. The first kappa shape index (κ1) is 19.1. The molecule has 1 N–H and O–H groups in total. The van der Waals surface area contributed by atoms with Crippen molar-refractivity contribution in [2.24, 2.45) is 5.92 Å². The summed E-state index contributed by atoms with van der Waals surface area (Å²) in [5, 5.41) is 1.21. The fraction of sp³-hybridized carbons (Fsp3) is 0.375. The molecule has 3 rings (SSSR count). The van der Waals surface area contributed by atoms with Crippen LogP contribution in [0.1, 0.15) is 22.5 Å². The predicted molar refractivity (Wildman–Crippen MR) is 99.5 cm³/mol. The van der Waals surface area contributed by atoms with Gasteiger partial charge in [-0.2, -0.15) is 12.7 Å². The van der Waals surface area contributed by atoms with Crippen LogP contribution < -0.4 is 4.72 Å². The number of piperidine rings is 1. The maximum atomic E-state index is 12.5. The molecule has 0 spiro atoms. The molecule has 1 fully saturated rings. The summed E-state index contributed by atoms with van der Waals surface area (Å²) in [6.45, 7) is 0.307. The van der Waals surface area contributed by atoms with Gasteiger partial charge in [0.05, 0.1) is 17.9 Å². The highest BCUT2D eigenvalue weighted by Gasteiger charge is 2.32. The molecule has 7 nitrogen and oxygen atoms in total. The van der Waals surface area contributed by atoms with E-state index in [1.54, 1.807) is 18.2 Å². The zero-order chi connectivity index (χ0) is 18.9. The van der Waals surface area contributed by atoms with Crippen molar-refractivity contribution in [3.8, 4) is 0 Å². The molecule has 26 heavy (non-hydrogen) atoms. The van der Waals surface area contributed by atoms with E-state index in [0.29, 0.717) is 23.3 Å². The summed E-state index contributed by atoms with van der Waals surface area (Å²) in [5.41, 5.74) is 0. The topological polar surface area (TPSA) is 92.8 Å². The first-order valence-corrected chi connectivity index (χ1v) is 10.5. The molecule has 0 unspecified atom stereocenters. The molecular formula is C16H17ClN2O5S2. The Balaban J connectivity index is 1.70. The molecule has 2 aromatic rings. The number of ether oxygens (including phenoxy) is 1. The minimum Gasteiger partial charge on any atom is -0.469 e. The molecular weight excluding hydrogens is 400 g/mol. The van der Waals surface area contributed by atoms with Crippen molar-refractivity contribution in [2.45, 2.75) is 12.8 Å². The van der Waals surface area contributed by atoms with Crippen LogP contribution in [0, 0.1) is 5.92 Å². The molecule has 2 heterocycles. The van der Waals surface area contributed by atoms with E-state index in [4.69, 9.17) is 11.6 Å². The minimum absolute atomic E-state index is 0.153. The normalized spacial score (nSPS) is 16.5. The highest BCUT2D eigenvalue weighted by atomic mass is 35.5. The molecule has 1 aliphatic rings. The van der Waals surface area contributed by atoms with Gasteiger partial charge in [0, 0.05) is 28.2 Å². The number of benzene rings is 1. The monoisotopic (exact) mass is 416 g/mol. The Morgan fingerprint density at radius 1 is 1.31 bits per heavy atom. The van der Waals surface area contributed by atoms with Gasteiger partial charge in [0.25, 0.3) is 5.91 Å². The van der Waals surface area contributed by atoms with Gasteiger partial charge >= 0.3 is 16.2 Å². The van der Waals surface area contributed by atoms with E-state index in [-0.39, 0.29) is 29.9 Å². The predicted octanol–water partition coefficient (Wildman–Crippen LogP) is 2.41. The molecule has 0 radical (unpaired) electrons. The largest absolute Gasteiger partial charge is 0.469 e. The van der Waals surface area contributed by atoms with Crippen LogP contribution in [0.15, 0.2) is 24.3 Å². The number of rotatable bonds is 4. The van der Waals surface area contributed by atoms with Gasteiger partial charge in [-0.15, -0.1) is 11.3 Å². The number of carbonyl (C=O) groups excluding carboxylic acids is 2. The summed E-state index contributed by atoms with van der Waals surface area (Å²) in [6, 6.07) is 6.87. The summed E-state index contributed by atoms with van der Waals surface area (Å²) in [5.74, 6) is -1.35. The van der Waals surface area contributed by atoms with Gasteiger partial charge in [0.1, 0.15) is 0 Å². The van der Waals surface area contributed by atoms with E-state index in [1.165, 1.54) is 22.8 Å². The minimum atomic E-state index is -3.98. The Morgan fingerprint density at radius 2 is 2.00 bits per heavy atom. The summed E-state index contributed by atoms with van der Waals surface area (Å²) >= 11 is 7.27. The van der Waals surface area contributed by atoms with Crippen LogP contribution in [0.3, 0.4) is 0 Å². The molecule has 1 aromatic heterocycles. The van der Waals surface area contributed by atoms with Crippen molar-refractivity contribution in [3.63, 3.8) is 0 Å². The van der Waals surface area contributed by atoms with Gasteiger partial charge in [-0.1, -0.05) is 17.7 Å². The lowest BCUT2D eigenvalue weighted by molar-refractivity contribution is -0.146. The van der Waals surface area contributed by atoms with Crippen molar-refractivity contribution in [1.29, 1.82) is 0 Å². The average Bonchev–Trinajstić information content (AvgIpc) is 3.07.